The number of benzene rings is 1. The van der Waals surface area contributed by atoms with Gasteiger partial charge in [-0.1, -0.05) is 20.8 Å². The molecule has 0 saturated carbocycles. The van der Waals surface area contributed by atoms with Crippen LogP contribution in [0.4, 0.5) is 13.2 Å². The number of halogens is 3. The van der Waals surface area contributed by atoms with Crippen molar-refractivity contribution < 1.29 is 27.9 Å². The van der Waals surface area contributed by atoms with Crippen molar-refractivity contribution in [1.82, 2.24) is 19.7 Å². The highest BCUT2D eigenvalue weighted by Crippen LogP contribution is 2.42. The number of alkyl halides is 3. The van der Waals surface area contributed by atoms with Crippen LogP contribution < -0.4 is 0 Å². The standard InChI is InChI=1S/C28H33F3N4O3S2/c1-5-27(3,4)20-11-19(12-22(13-20)40-28(29,30)31)26-32-15-23(39-26)18-6-8-34(9-7-18)24(36)16-35-17(2)10-21(33-35)14-25(37)38/h10-13,15,18H,5-9,14,16H2,1-4H3,(H,37,38). The number of nitrogens with zero attached hydrogens (tertiary/aromatic N) is 4. The minimum atomic E-state index is -4.37. The Morgan fingerprint density at radius 3 is 2.48 bits per heavy atom. The molecule has 1 fully saturated rings. The molecule has 0 atom stereocenters. The van der Waals surface area contributed by atoms with Gasteiger partial charge in [-0.3, -0.25) is 14.3 Å². The molecule has 1 N–H and O–H groups in total. The van der Waals surface area contributed by atoms with Crippen molar-refractivity contribution in [3.8, 4) is 10.6 Å². The summed E-state index contributed by atoms with van der Waals surface area (Å²) in [4.78, 5) is 31.5. The molecular weight excluding hydrogens is 561 g/mol. The maximum Gasteiger partial charge on any atom is 0.446 e. The van der Waals surface area contributed by atoms with E-state index in [0.29, 0.717) is 29.4 Å². The van der Waals surface area contributed by atoms with Gasteiger partial charge in [-0.2, -0.15) is 18.3 Å². The molecular formula is C28H33F3N4O3S2. The van der Waals surface area contributed by atoms with E-state index in [0.717, 1.165) is 35.4 Å². The third-order valence-electron chi connectivity index (χ3n) is 7.48. The van der Waals surface area contributed by atoms with Crippen LogP contribution in [-0.4, -0.2) is 55.2 Å². The first-order valence-corrected chi connectivity index (χ1v) is 14.8. The first-order chi connectivity index (χ1) is 18.7. The van der Waals surface area contributed by atoms with Crippen LogP contribution in [0.5, 0.6) is 0 Å². The van der Waals surface area contributed by atoms with Crippen molar-refractivity contribution in [2.75, 3.05) is 13.1 Å². The lowest BCUT2D eigenvalue weighted by Crippen LogP contribution is -2.40. The van der Waals surface area contributed by atoms with Crippen LogP contribution in [0.3, 0.4) is 0 Å². The Bertz CT molecular complexity index is 1380. The zero-order chi connectivity index (χ0) is 29.2. The molecule has 1 saturated heterocycles. The quantitative estimate of drug-likeness (QED) is 0.279. The molecule has 0 unspecified atom stereocenters. The average Bonchev–Trinajstić information content (AvgIpc) is 3.49. The van der Waals surface area contributed by atoms with Crippen LogP contribution in [-0.2, 0) is 28.0 Å². The number of aryl methyl sites for hydroxylation is 1. The van der Waals surface area contributed by atoms with E-state index in [9.17, 15) is 22.8 Å². The smallest absolute Gasteiger partial charge is 0.446 e. The summed E-state index contributed by atoms with van der Waals surface area (Å²) in [6.07, 6.45) is 3.93. The molecule has 1 aliphatic rings. The van der Waals surface area contributed by atoms with Crippen molar-refractivity contribution in [3.05, 3.63) is 52.3 Å². The molecule has 1 aliphatic heterocycles. The average molecular weight is 595 g/mol. The summed E-state index contributed by atoms with van der Waals surface area (Å²) >= 11 is 1.40. The topological polar surface area (TPSA) is 88.3 Å². The van der Waals surface area contributed by atoms with E-state index in [2.05, 4.69) is 10.1 Å². The van der Waals surface area contributed by atoms with Gasteiger partial charge >= 0.3 is 11.5 Å². The summed E-state index contributed by atoms with van der Waals surface area (Å²) in [6.45, 7) is 9.08. The molecule has 1 amide bonds. The number of likely N-dealkylation sites (tertiary alicyclic amines) is 1. The number of carboxylic acid groups (broad SMARTS) is 1. The number of aromatic nitrogens is 3. The predicted octanol–water partition coefficient (Wildman–Crippen LogP) is 6.65. The monoisotopic (exact) mass is 594 g/mol. The van der Waals surface area contributed by atoms with Crippen molar-refractivity contribution in [3.63, 3.8) is 0 Å². The zero-order valence-corrected chi connectivity index (χ0v) is 24.5. The molecule has 0 spiro atoms. The number of thioether (sulfide) groups is 1. The zero-order valence-electron chi connectivity index (χ0n) is 22.9. The summed E-state index contributed by atoms with van der Waals surface area (Å²) in [7, 11) is 0. The van der Waals surface area contributed by atoms with Gasteiger partial charge in [-0.05, 0) is 79.1 Å². The Morgan fingerprint density at radius 1 is 1.15 bits per heavy atom. The molecule has 0 bridgehead atoms. The van der Waals surface area contributed by atoms with E-state index in [-0.39, 0.29) is 46.9 Å². The number of aliphatic carboxylic acids is 1. The molecule has 3 aromatic rings. The Morgan fingerprint density at radius 2 is 1.85 bits per heavy atom. The minimum Gasteiger partial charge on any atom is -0.481 e. The van der Waals surface area contributed by atoms with Crippen LogP contribution in [0.2, 0.25) is 0 Å². The van der Waals surface area contributed by atoms with Gasteiger partial charge in [0.1, 0.15) is 11.6 Å². The highest BCUT2D eigenvalue weighted by Gasteiger charge is 2.31. The fourth-order valence-corrected chi connectivity index (χ4v) is 6.45. The van der Waals surface area contributed by atoms with Gasteiger partial charge < -0.3 is 10.0 Å². The van der Waals surface area contributed by atoms with E-state index >= 15 is 0 Å². The number of piperidine rings is 1. The van der Waals surface area contributed by atoms with Crippen molar-refractivity contribution in [2.45, 2.75) is 81.7 Å². The Labute approximate surface area is 239 Å². The van der Waals surface area contributed by atoms with E-state index in [1.807, 2.05) is 33.0 Å². The second-order valence-corrected chi connectivity index (χ2v) is 13.0. The normalized spacial score (nSPS) is 15.0. The molecule has 40 heavy (non-hydrogen) atoms. The largest absolute Gasteiger partial charge is 0.481 e. The predicted molar refractivity (Wildman–Crippen MR) is 150 cm³/mol. The number of hydrogen-bond acceptors (Lipinski definition) is 6. The number of hydrogen-bond donors (Lipinski definition) is 1. The number of thiazole rings is 1. The summed E-state index contributed by atoms with van der Waals surface area (Å²) < 4.78 is 41.2. The first kappa shape index (κ1) is 30.1. The fourth-order valence-electron chi connectivity index (χ4n) is 4.74. The summed E-state index contributed by atoms with van der Waals surface area (Å²) in [6, 6.07) is 6.83. The number of amides is 1. The van der Waals surface area contributed by atoms with Gasteiger partial charge in [-0.25, -0.2) is 4.98 Å². The maximum absolute atomic E-state index is 13.2. The number of rotatable bonds is 9. The highest BCUT2D eigenvalue weighted by atomic mass is 32.2. The summed E-state index contributed by atoms with van der Waals surface area (Å²) in [5.74, 6) is -0.827. The van der Waals surface area contributed by atoms with Crippen molar-refractivity contribution in [1.29, 1.82) is 0 Å². The van der Waals surface area contributed by atoms with E-state index in [1.165, 1.54) is 11.3 Å². The molecule has 0 radical (unpaired) electrons. The van der Waals surface area contributed by atoms with Gasteiger partial charge in [0, 0.05) is 40.3 Å². The Hall–Kier alpha value is -2.86. The van der Waals surface area contributed by atoms with Crippen molar-refractivity contribution >= 4 is 35.0 Å². The molecule has 216 valence electrons. The second-order valence-electron chi connectivity index (χ2n) is 10.8. The summed E-state index contributed by atoms with van der Waals surface area (Å²) in [5.41, 5.74) is -1.95. The molecule has 0 aliphatic carbocycles. The van der Waals surface area contributed by atoms with Crippen LogP contribution in [0.15, 0.2) is 35.4 Å². The first-order valence-electron chi connectivity index (χ1n) is 13.1. The minimum absolute atomic E-state index is 0.0591. The lowest BCUT2D eigenvalue weighted by Gasteiger charge is -2.31. The Kier molecular flexibility index (Phi) is 8.99. The lowest BCUT2D eigenvalue weighted by molar-refractivity contribution is -0.136. The molecule has 4 rings (SSSR count). The second kappa shape index (κ2) is 11.9. The van der Waals surface area contributed by atoms with Crippen LogP contribution in [0, 0.1) is 6.92 Å². The van der Waals surface area contributed by atoms with Gasteiger partial charge in [-0.15, -0.1) is 11.3 Å². The third kappa shape index (κ3) is 7.45. The molecule has 2 aromatic heterocycles. The number of carbonyl (C=O) groups excluding carboxylic acids is 1. The maximum atomic E-state index is 13.2. The third-order valence-corrected chi connectivity index (χ3v) is 9.39. The van der Waals surface area contributed by atoms with Crippen LogP contribution >= 0.6 is 23.1 Å². The molecule has 7 nitrogen and oxygen atoms in total. The fraction of sp³-hybridized carbons (Fsp3) is 0.500. The van der Waals surface area contributed by atoms with Gasteiger partial charge in [0.25, 0.3) is 0 Å². The van der Waals surface area contributed by atoms with Crippen molar-refractivity contribution in [2.24, 2.45) is 0 Å². The lowest BCUT2D eigenvalue weighted by atomic mass is 9.82. The van der Waals surface area contributed by atoms with E-state index in [1.54, 1.807) is 34.7 Å². The SMILES string of the molecule is CCC(C)(C)c1cc(SC(F)(F)F)cc(-c2ncc(C3CCN(C(=O)Cn4nc(CC(=O)O)cc4C)CC3)s2)c1. The molecule has 12 heteroatoms. The van der Waals surface area contributed by atoms with Gasteiger partial charge in [0.2, 0.25) is 5.91 Å². The van der Waals surface area contributed by atoms with Crippen LogP contribution in [0.1, 0.15) is 67.8 Å². The van der Waals surface area contributed by atoms with E-state index < -0.39 is 11.5 Å². The number of carbonyl (C=O) groups is 2. The highest BCUT2D eigenvalue weighted by molar-refractivity contribution is 8.00. The molecule has 3 heterocycles. The summed E-state index contributed by atoms with van der Waals surface area (Å²) in [5, 5.41) is 13.9. The van der Waals surface area contributed by atoms with Crippen LogP contribution in [0.25, 0.3) is 10.6 Å². The Balaban J connectivity index is 1.43. The molecule has 1 aromatic carbocycles. The van der Waals surface area contributed by atoms with Gasteiger partial charge in [0.15, 0.2) is 0 Å². The number of carboxylic acids is 1. The van der Waals surface area contributed by atoms with Gasteiger partial charge in [0.05, 0.1) is 12.1 Å². The van der Waals surface area contributed by atoms with E-state index in [4.69, 9.17) is 5.11 Å².